The summed E-state index contributed by atoms with van der Waals surface area (Å²) in [5.41, 5.74) is 11.2. The molecule has 2 aliphatic rings. The van der Waals surface area contributed by atoms with Crippen LogP contribution in [0, 0.1) is 0 Å². The van der Waals surface area contributed by atoms with E-state index in [9.17, 15) is 0 Å². The predicted octanol–water partition coefficient (Wildman–Crippen LogP) is 11.1. The summed E-state index contributed by atoms with van der Waals surface area (Å²) in [6.45, 7) is 0. The highest BCUT2D eigenvalue weighted by atomic mass is 16.5. The van der Waals surface area contributed by atoms with Crippen LogP contribution in [0.1, 0.15) is 22.3 Å². The monoisotopic (exact) mass is 588 g/mol. The minimum atomic E-state index is -0.495. The van der Waals surface area contributed by atoms with Crippen molar-refractivity contribution in [3.63, 3.8) is 0 Å². The molecule has 2 aliphatic heterocycles. The number of hydrogen-bond acceptors (Lipinski definition) is 2. The summed E-state index contributed by atoms with van der Waals surface area (Å²) in [7, 11) is 0. The molecular weight excluding hydrogens is 560 g/mol. The largest absolute Gasteiger partial charge is 0.453 e. The van der Waals surface area contributed by atoms with E-state index >= 15 is 0 Å². The van der Waals surface area contributed by atoms with E-state index in [1.165, 1.54) is 38.5 Å². The first-order valence-electron chi connectivity index (χ1n) is 15.8. The molecule has 46 heavy (non-hydrogen) atoms. The number of nitrogens with zero attached hydrogens (tertiary/aromatic N) is 2. The van der Waals surface area contributed by atoms with Gasteiger partial charge in [0, 0.05) is 16.8 Å². The van der Waals surface area contributed by atoms with Gasteiger partial charge < -0.3 is 14.2 Å². The second-order valence-corrected chi connectivity index (χ2v) is 12.1. The summed E-state index contributed by atoms with van der Waals surface area (Å²) >= 11 is 0. The maximum atomic E-state index is 6.72. The molecule has 3 heteroatoms. The quantitative estimate of drug-likeness (QED) is 0.204. The van der Waals surface area contributed by atoms with E-state index < -0.39 is 5.41 Å². The second kappa shape index (κ2) is 9.47. The van der Waals surface area contributed by atoms with Crippen LogP contribution in [-0.2, 0) is 5.41 Å². The third kappa shape index (κ3) is 3.26. The first-order valence-corrected chi connectivity index (χ1v) is 15.8. The maximum absolute atomic E-state index is 6.72. The third-order valence-electron chi connectivity index (χ3n) is 9.83. The van der Waals surface area contributed by atoms with Crippen molar-refractivity contribution in [2.24, 2.45) is 0 Å². The Morgan fingerprint density at radius 3 is 1.72 bits per heavy atom. The van der Waals surface area contributed by atoms with Gasteiger partial charge in [0.1, 0.15) is 0 Å². The molecule has 7 aromatic carbocycles. The lowest BCUT2D eigenvalue weighted by atomic mass is 9.62. The predicted molar refractivity (Wildman–Crippen MR) is 187 cm³/mol. The Labute approximate surface area is 267 Å². The highest BCUT2D eigenvalue weighted by Gasteiger charge is 2.46. The molecule has 0 spiro atoms. The van der Waals surface area contributed by atoms with Gasteiger partial charge in [0.15, 0.2) is 11.5 Å². The molecule has 0 atom stereocenters. The third-order valence-corrected chi connectivity index (χ3v) is 9.83. The van der Waals surface area contributed by atoms with Crippen molar-refractivity contribution in [2.75, 3.05) is 4.90 Å². The molecule has 0 bridgehead atoms. The number of hydrogen-bond donors (Lipinski definition) is 0. The fourth-order valence-electron chi connectivity index (χ4n) is 8.04. The maximum Gasteiger partial charge on any atom is 0.153 e. The summed E-state index contributed by atoms with van der Waals surface area (Å²) in [6.07, 6.45) is 0. The number of anilines is 3. The number of ether oxygens (including phenoxy) is 1. The normalized spacial score (nSPS) is 14.0. The SMILES string of the molecule is c1ccc(C2(c3ccccc3)c3ccccc3N(c3ccc4c(c3)Oc3cccc5c6ccccc6n-4c35)c3ccccc32)cc1. The first kappa shape index (κ1) is 25.3. The van der Waals surface area contributed by atoms with Crippen LogP contribution in [0.4, 0.5) is 17.1 Å². The van der Waals surface area contributed by atoms with E-state index in [-0.39, 0.29) is 0 Å². The van der Waals surface area contributed by atoms with Crippen LogP contribution >= 0.6 is 0 Å². The Hall–Kier alpha value is -6.06. The van der Waals surface area contributed by atoms with Crippen molar-refractivity contribution in [1.82, 2.24) is 4.57 Å². The zero-order valence-corrected chi connectivity index (χ0v) is 25.0. The second-order valence-electron chi connectivity index (χ2n) is 12.1. The van der Waals surface area contributed by atoms with Gasteiger partial charge in [0.05, 0.1) is 39.2 Å². The van der Waals surface area contributed by atoms with Gasteiger partial charge >= 0.3 is 0 Å². The van der Waals surface area contributed by atoms with Gasteiger partial charge in [-0.2, -0.15) is 0 Å². The molecule has 8 aromatic rings. The first-order chi connectivity index (χ1) is 22.8. The average Bonchev–Trinajstić information content (AvgIpc) is 3.47. The zero-order chi connectivity index (χ0) is 30.2. The van der Waals surface area contributed by atoms with Gasteiger partial charge in [-0.05, 0) is 58.7 Å². The molecule has 3 heterocycles. The number of aromatic nitrogens is 1. The number of fused-ring (bicyclic) bond motifs is 7. The van der Waals surface area contributed by atoms with Crippen LogP contribution in [0.5, 0.6) is 11.5 Å². The summed E-state index contributed by atoms with van der Waals surface area (Å²) in [5.74, 6) is 1.72. The molecule has 10 rings (SSSR count). The molecule has 3 nitrogen and oxygen atoms in total. The van der Waals surface area contributed by atoms with E-state index in [1.807, 2.05) is 0 Å². The van der Waals surface area contributed by atoms with Gasteiger partial charge in [-0.3, -0.25) is 0 Å². The molecule has 0 aliphatic carbocycles. The highest BCUT2D eigenvalue weighted by molar-refractivity contribution is 6.12. The van der Waals surface area contributed by atoms with E-state index in [1.54, 1.807) is 0 Å². The van der Waals surface area contributed by atoms with E-state index in [4.69, 9.17) is 4.74 Å². The van der Waals surface area contributed by atoms with Crippen molar-refractivity contribution < 1.29 is 4.74 Å². The molecule has 0 N–H and O–H groups in total. The van der Waals surface area contributed by atoms with Crippen molar-refractivity contribution in [3.05, 3.63) is 192 Å². The van der Waals surface area contributed by atoms with Gasteiger partial charge in [0.25, 0.3) is 0 Å². The van der Waals surface area contributed by atoms with Gasteiger partial charge in [-0.1, -0.05) is 127 Å². The standard InChI is InChI=1S/C43H28N2O/c1-3-14-29(15-4-1)43(30-16-5-2-6-17-30)34-20-8-11-23-37(34)44(38-24-12-9-21-35(38)43)31-26-27-39-41(28-31)46-40-25-13-19-33-32-18-7-10-22-36(32)45(39)42(33)40/h1-28H. The smallest absolute Gasteiger partial charge is 0.153 e. The molecule has 0 unspecified atom stereocenters. The Morgan fingerprint density at radius 1 is 0.435 bits per heavy atom. The van der Waals surface area contributed by atoms with Crippen LogP contribution in [0.25, 0.3) is 27.5 Å². The molecule has 0 amide bonds. The summed E-state index contributed by atoms with van der Waals surface area (Å²) in [5, 5.41) is 2.44. The molecule has 216 valence electrons. The van der Waals surface area contributed by atoms with Crippen LogP contribution in [0.3, 0.4) is 0 Å². The number of rotatable bonds is 3. The molecule has 0 fully saturated rings. The molecule has 0 saturated heterocycles. The van der Waals surface area contributed by atoms with Crippen molar-refractivity contribution in [1.29, 1.82) is 0 Å². The van der Waals surface area contributed by atoms with E-state index in [0.29, 0.717) is 0 Å². The lowest BCUT2D eigenvalue weighted by Crippen LogP contribution is -2.37. The minimum absolute atomic E-state index is 0.495. The lowest BCUT2D eigenvalue weighted by Gasteiger charge is -2.46. The summed E-state index contributed by atoms with van der Waals surface area (Å²) in [6, 6.07) is 61.2. The number of benzene rings is 7. The fraction of sp³-hybridized carbons (Fsp3) is 0.0233. The molecule has 0 saturated carbocycles. The lowest BCUT2D eigenvalue weighted by molar-refractivity contribution is 0.476. The Bertz CT molecular complexity index is 2370. The minimum Gasteiger partial charge on any atom is -0.453 e. The van der Waals surface area contributed by atoms with Gasteiger partial charge in [-0.15, -0.1) is 0 Å². The van der Waals surface area contributed by atoms with Crippen LogP contribution in [0.2, 0.25) is 0 Å². The van der Waals surface area contributed by atoms with Crippen molar-refractivity contribution in [3.8, 4) is 17.2 Å². The topological polar surface area (TPSA) is 17.4 Å². The summed E-state index contributed by atoms with van der Waals surface area (Å²) in [4.78, 5) is 2.41. The molecular formula is C43H28N2O. The van der Waals surface area contributed by atoms with Crippen molar-refractivity contribution in [2.45, 2.75) is 5.41 Å². The van der Waals surface area contributed by atoms with Crippen molar-refractivity contribution >= 4 is 38.9 Å². The fourth-order valence-corrected chi connectivity index (χ4v) is 8.04. The highest BCUT2D eigenvalue weighted by Crippen LogP contribution is 2.58. The summed E-state index contributed by atoms with van der Waals surface area (Å²) < 4.78 is 9.08. The zero-order valence-electron chi connectivity index (χ0n) is 25.0. The Kier molecular flexibility index (Phi) is 5.20. The van der Waals surface area contributed by atoms with E-state index in [2.05, 4.69) is 179 Å². The Morgan fingerprint density at radius 2 is 1.02 bits per heavy atom. The van der Waals surface area contributed by atoms with Crippen LogP contribution < -0.4 is 9.64 Å². The Balaban J connectivity index is 1.24. The van der Waals surface area contributed by atoms with Crippen LogP contribution in [0.15, 0.2) is 170 Å². The molecule has 1 aromatic heterocycles. The molecule has 0 radical (unpaired) electrons. The van der Waals surface area contributed by atoms with E-state index in [0.717, 1.165) is 39.8 Å². The average molecular weight is 589 g/mol. The van der Waals surface area contributed by atoms with Gasteiger partial charge in [-0.25, -0.2) is 0 Å². The van der Waals surface area contributed by atoms with Gasteiger partial charge in [0.2, 0.25) is 0 Å². The number of para-hydroxylation sites is 4. The van der Waals surface area contributed by atoms with Crippen LogP contribution in [-0.4, -0.2) is 4.57 Å².